The number of aryl methyl sites for hydroxylation is 2. The van der Waals surface area contributed by atoms with Gasteiger partial charge in [0, 0.05) is 12.5 Å². The molecule has 104 valence electrons. The van der Waals surface area contributed by atoms with Crippen LogP contribution in [-0.2, 0) is 18.4 Å². The van der Waals surface area contributed by atoms with E-state index in [4.69, 9.17) is 0 Å². The maximum atomic E-state index is 11.0. The fourth-order valence-corrected chi connectivity index (χ4v) is 3.62. The first-order valence-corrected chi connectivity index (χ1v) is 7.73. The van der Waals surface area contributed by atoms with Crippen LogP contribution in [0.4, 0.5) is 0 Å². The van der Waals surface area contributed by atoms with Crippen LogP contribution in [-0.4, -0.2) is 18.2 Å². The number of fused-ring (bicyclic) bond motifs is 1. The Balaban J connectivity index is 1.87. The predicted molar refractivity (Wildman–Crippen MR) is 78.2 cm³/mol. The maximum Gasteiger partial charge on any atom is 0.0908 e. The van der Waals surface area contributed by atoms with Crippen LogP contribution in [0.25, 0.3) is 0 Å². The summed E-state index contributed by atoms with van der Waals surface area (Å²) in [5.41, 5.74) is 3.38. The molecule has 0 radical (unpaired) electrons. The van der Waals surface area contributed by atoms with Crippen LogP contribution < -0.4 is 5.32 Å². The maximum absolute atomic E-state index is 11.0. The SMILES string of the molecule is CC(O)(c1ccc2c(c1)CCCC2)C1CCCNC1. The van der Waals surface area contributed by atoms with Crippen LogP contribution in [0.5, 0.6) is 0 Å². The predicted octanol–water partition coefficient (Wildman–Crippen LogP) is 2.77. The Kier molecular flexibility index (Phi) is 3.64. The molecule has 1 aliphatic carbocycles. The summed E-state index contributed by atoms with van der Waals surface area (Å²) in [4.78, 5) is 0. The second-order valence-electron chi connectivity index (χ2n) is 6.38. The van der Waals surface area contributed by atoms with E-state index < -0.39 is 5.60 Å². The number of nitrogens with one attached hydrogen (secondary N) is 1. The quantitative estimate of drug-likeness (QED) is 0.856. The van der Waals surface area contributed by atoms with Gasteiger partial charge in [-0.15, -0.1) is 0 Å². The normalized spacial score (nSPS) is 26.5. The number of benzene rings is 1. The largest absolute Gasteiger partial charge is 0.385 e. The van der Waals surface area contributed by atoms with Gasteiger partial charge in [-0.3, -0.25) is 0 Å². The van der Waals surface area contributed by atoms with E-state index in [2.05, 4.69) is 23.5 Å². The summed E-state index contributed by atoms with van der Waals surface area (Å²) in [6.45, 7) is 4.02. The van der Waals surface area contributed by atoms with Crippen LogP contribution >= 0.6 is 0 Å². The van der Waals surface area contributed by atoms with Crippen molar-refractivity contribution in [3.8, 4) is 0 Å². The standard InChI is InChI=1S/C17H25NO/c1-17(19,16-7-4-10-18-12-16)15-9-8-13-5-2-3-6-14(13)11-15/h8-9,11,16,18-19H,2-7,10,12H2,1H3. The van der Waals surface area contributed by atoms with Gasteiger partial charge in [0.05, 0.1) is 5.60 Å². The Morgan fingerprint density at radius 2 is 1.95 bits per heavy atom. The van der Waals surface area contributed by atoms with Gasteiger partial charge in [-0.1, -0.05) is 18.2 Å². The van der Waals surface area contributed by atoms with Crippen molar-refractivity contribution < 1.29 is 5.11 Å². The molecule has 19 heavy (non-hydrogen) atoms. The molecule has 1 fully saturated rings. The van der Waals surface area contributed by atoms with Crippen molar-refractivity contribution >= 4 is 0 Å². The molecule has 1 aliphatic heterocycles. The minimum absolute atomic E-state index is 0.336. The van der Waals surface area contributed by atoms with E-state index in [0.29, 0.717) is 5.92 Å². The summed E-state index contributed by atoms with van der Waals surface area (Å²) < 4.78 is 0. The molecule has 1 heterocycles. The highest BCUT2D eigenvalue weighted by Crippen LogP contribution is 2.35. The lowest BCUT2D eigenvalue weighted by Crippen LogP contribution is -2.42. The van der Waals surface area contributed by atoms with Gasteiger partial charge in [-0.2, -0.15) is 0 Å². The van der Waals surface area contributed by atoms with Gasteiger partial charge in [0.25, 0.3) is 0 Å². The zero-order chi connectivity index (χ0) is 13.3. The Morgan fingerprint density at radius 3 is 2.68 bits per heavy atom. The van der Waals surface area contributed by atoms with Crippen LogP contribution in [0.15, 0.2) is 18.2 Å². The van der Waals surface area contributed by atoms with Gasteiger partial charge in [-0.05, 0) is 68.7 Å². The Labute approximate surface area is 116 Å². The van der Waals surface area contributed by atoms with Crippen molar-refractivity contribution in [3.63, 3.8) is 0 Å². The summed E-state index contributed by atoms with van der Waals surface area (Å²) in [5, 5.41) is 14.4. The van der Waals surface area contributed by atoms with Crippen molar-refractivity contribution in [1.82, 2.24) is 5.32 Å². The summed E-state index contributed by atoms with van der Waals surface area (Å²) in [6.07, 6.45) is 7.30. The van der Waals surface area contributed by atoms with Crippen molar-refractivity contribution in [2.45, 2.75) is 51.0 Å². The van der Waals surface area contributed by atoms with Crippen molar-refractivity contribution in [1.29, 1.82) is 0 Å². The zero-order valence-corrected chi connectivity index (χ0v) is 11.9. The lowest BCUT2D eigenvalue weighted by atomic mass is 9.77. The number of hydrogen-bond donors (Lipinski definition) is 2. The molecule has 2 atom stereocenters. The van der Waals surface area contributed by atoms with Gasteiger partial charge in [0.1, 0.15) is 0 Å². The minimum atomic E-state index is -0.695. The Bertz CT molecular complexity index is 447. The van der Waals surface area contributed by atoms with E-state index in [1.165, 1.54) is 43.2 Å². The topological polar surface area (TPSA) is 32.3 Å². The molecule has 0 spiro atoms. The van der Waals surface area contributed by atoms with E-state index in [-0.39, 0.29) is 0 Å². The van der Waals surface area contributed by atoms with E-state index in [9.17, 15) is 5.11 Å². The van der Waals surface area contributed by atoms with Gasteiger partial charge < -0.3 is 10.4 Å². The van der Waals surface area contributed by atoms with E-state index in [1.54, 1.807) is 0 Å². The second-order valence-corrected chi connectivity index (χ2v) is 6.38. The molecule has 2 N–H and O–H groups in total. The van der Waals surface area contributed by atoms with Gasteiger partial charge >= 0.3 is 0 Å². The lowest BCUT2D eigenvalue weighted by Gasteiger charge is -2.37. The monoisotopic (exact) mass is 259 g/mol. The molecule has 2 heteroatoms. The summed E-state index contributed by atoms with van der Waals surface area (Å²) in [7, 11) is 0. The van der Waals surface area contributed by atoms with E-state index >= 15 is 0 Å². The van der Waals surface area contributed by atoms with E-state index in [1.807, 2.05) is 6.92 Å². The third-order valence-electron chi connectivity index (χ3n) is 5.02. The van der Waals surface area contributed by atoms with Crippen molar-refractivity contribution in [2.24, 2.45) is 5.92 Å². The molecule has 1 aromatic rings. The molecule has 0 amide bonds. The molecule has 2 unspecified atom stereocenters. The fourth-order valence-electron chi connectivity index (χ4n) is 3.62. The van der Waals surface area contributed by atoms with Gasteiger partial charge in [-0.25, -0.2) is 0 Å². The molecular formula is C17H25NO. The third-order valence-corrected chi connectivity index (χ3v) is 5.02. The molecule has 1 saturated heterocycles. The molecular weight excluding hydrogens is 234 g/mol. The van der Waals surface area contributed by atoms with Crippen molar-refractivity contribution in [3.05, 3.63) is 34.9 Å². The number of piperidine rings is 1. The minimum Gasteiger partial charge on any atom is -0.385 e. The summed E-state index contributed by atoms with van der Waals surface area (Å²) >= 11 is 0. The zero-order valence-electron chi connectivity index (χ0n) is 11.9. The molecule has 2 aliphatic rings. The fraction of sp³-hybridized carbons (Fsp3) is 0.647. The molecule has 3 rings (SSSR count). The van der Waals surface area contributed by atoms with E-state index in [0.717, 1.165) is 25.1 Å². The molecule has 2 nitrogen and oxygen atoms in total. The molecule has 0 saturated carbocycles. The number of hydrogen-bond acceptors (Lipinski definition) is 2. The first-order chi connectivity index (χ1) is 9.18. The molecule has 0 bridgehead atoms. The smallest absolute Gasteiger partial charge is 0.0908 e. The highest BCUT2D eigenvalue weighted by Gasteiger charge is 2.34. The average molecular weight is 259 g/mol. The van der Waals surface area contributed by atoms with Gasteiger partial charge in [0.15, 0.2) is 0 Å². The van der Waals surface area contributed by atoms with Crippen LogP contribution in [0.2, 0.25) is 0 Å². The molecule has 0 aromatic heterocycles. The Morgan fingerprint density at radius 1 is 1.16 bits per heavy atom. The summed E-state index contributed by atoms with van der Waals surface area (Å²) in [5.74, 6) is 0.336. The number of rotatable bonds is 2. The lowest BCUT2D eigenvalue weighted by molar-refractivity contribution is -0.0157. The van der Waals surface area contributed by atoms with Crippen LogP contribution in [0.3, 0.4) is 0 Å². The highest BCUT2D eigenvalue weighted by molar-refractivity contribution is 5.36. The Hall–Kier alpha value is -0.860. The second kappa shape index (κ2) is 5.26. The summed E-state index contributed by atoms with van der Waals surface area (Å²) in [6, 6.07) is 6.66. The molecule has 1 aromatic carbocycles. The highest BCUT2D eigenvalue weighted by atomic mass is 16.3. The first kappa shape index (κ1) is 13.1. The van der Waals surface area contributed by atoms with Gasteiger partial charge in [0.2, 0.25) is 0 Å². The number of aliphatic hydroxyl groups is 1. The van der Waals surface area contributed by atoms with Crippen molar-refractivity contribution in [2.75, 3.05) is 13.1 Å². The third kappa shape index (κ3) is 2.56. The first-order valence-electron chi connectivity index (χ1n) is 7.73. The van der Waals surface area contributed by atoms with Crippen LogP contribution in [0.1, 0.15) is 49.3 Å². The van der Waals surface area contributed by atoms with Crippen LogP contribution in [0, 0.1) is 5.92 Å². The average Bonchev–Trinajstić information content (AvgIpc) is 2.47.